The summed E-state index contributed by atoms with van der Waals surface area (Å²) in [6.07, 6.45) is -0.397. The normalized spacial score (nSPS) is 24.5. The number of nitrogens with one attached hydrogen (secondary N) is 2. The minimum atomic E-state index is -1.47. The van der Waals surface area contributed by atoms with E-state index in [1.165, 1.54) is 18.2 Å². The van der Waals surface area contributed by atoms with Crippen molar-refractivity contribution in [2.75, 3.05) is 13.2 Å². The van der Waals surface area contributed by atoms with Gasteiger partial charge in [0.2, 0.25) is 5.91 Å². The molecule has 2 aromatic carbocycles. The zero-order chi connectivity index (χ0) is 27.5. The second-order valence-electron chi connectivity index (χ2n) is 10.6. The van der Waals surface area contributed by atoms with Gasteiger partial charge < -0.3 is 20.8 Å². The zero-order valence-corrected chi connectivity index (χ0v) is 23.1. The van der Waals surface area contributed by atoms with Crippen LogP contribution in [0.25, 0.3) is 0 Å². The van der Waals surface area contributed by atoms with E-state index in [0.29, 0.717) is 17.0 Å². The summed E-state index contributed by atoms with van der Waals surface area (Å²) in [7, 11) is 0. The van der Waals surface area contributed by atoms with E-state index >= 15 is 4.39 Å². The van der Waals surface area contributed by atoms with Crippen molar-refractivity contribution in [1.82, 2.24) is 10.6 Å². The minimum absolute atomic E-state index is 0.0781. The molecular formula is C27H31Cl3FN3O3. The molecule has 0 aromatic heterocycles. The molecule has 0 radical (unpaired) electrons. The molecule has 4 unspecified atom stereocenters. The van der Waals surface area contributed by atoms with Crippen LogP contribution in [0.4, 0.5) is 4.39 Å². The highest BCUT2D eigenvalue weighted by atomic mass is 35.5. The summed E-state index contributed by atoms with van der Waals surface area (Å²) in [5.41, 5.74) is -1.20. The van der Waals surface area contributed by atoms with Gasteiger partial charge in [-0.25, -0.2) is 4.39 Å². The molecule has 200 valence electrons. The fourth-order valence-corrected chi connectivity index (χ4v) is 5.87. The van der Waals surface area contributed by atoms with Crippen LogP contribution in [0.3, 0.4) is 0 Å². The van der Waals surface area contributed by atoms with Crippen molar-refractivity contribution in [1.29, 1.82) is 5.26 Å². The topological polar surface area (TPSA) is 105 Å². The van der Waals surface area contributed by atoms with E-state index < -0.39 is 47.9 Å². The predicted octanol–water partition coefficient (Wildman–Crippen LogP) is 4.97. The lowest BCUT2D eigenvalue weighted by Crippen LogP contribution is -2.46. The Hall–Kier alpha value is -1.92. The summed E-state index contributed by atoms with van der Waals surface area (Å²) < 4.78 is 15.6. The van der Waals surface area contributed by atoms with Gasteiger partial charge in [-0.3, -0.25) is 4.79 Å². The summed E-state index contributed by atoms with van der Waals surface area (Å²) in [5.74, 6) is -2.20. The third kappa shape index (κ3) is 6.22. The van der Waals surface area contributed by atoms with Crippen molar-refractivity contribution in [3.05, 3.63) is 68.4 Å². The number of amides is 1. The number of nitriles is 1. The minimum Gasteiger partial charge on any atom is -0.394 e. The van der Waals surface area contributed by atoms with E-state index in [2.05, 4.69) is 16.7 Å². The second-order valence-corrected chi connectivity index (χ2v) is 11.9. The number of hydrogen-bond donors (Lipinski definition) is 4. The summed E-state index contributed by atoms with van der Waals surface area (Å²) in [5, 5.41) is 36.2. The zero-order valence-electron chi connectivity index (χ0n) is 20.9. The molecule has 1 aliphatic rings. The molecule has 1 fully saturated rings. The monoisotopic (exact) mass is 569 g/mol. The van der Waals surface area contributed by atoms with Crippen LogP contribution < -0.4 is 10.6 Å². The largest absolute Gasteiger partial charge is 0.394 e. The maximum Gasteiger partial charge on any atom is 0.237 e. The summed E-state index contributed by atoms with van der Waals surface area (Å²) in [6.45, 7) is 5.68. The Morgan fingerprint density at radius 3 is 2.54 bits per heavy atom. The maximum absolute atomic E-state index is 15.6. The first kappa shape index (κ1) is 29.6. The van der Waals surface area contributed by atoms with Crippen molar-refractivity contribution >= 4 is 40.7 Å². The van der Waals surface area contributed by atoms with Gasteiger partial charge >= 0.3 is 0 Å². The maximum atomic E-state index is 15.6. The molecule has 0 spiro atoms. The van der Waals surface area contributed by atoms with Gasteiger partial charge in [-0.05, 0) is 47.6 Å². The molecule has 0 saturated carbocycles. The lowest BCUT2D eigenvalue weighted by Gasteiger charge is -2.37. The Balaban J connectivity index is 2.24. The third-order valence-corrected chi connectivity index (χ3v) is 7.56. The van der Waals surface area contributed by atoms with E-state index in [-0.39, 0.29) is 34.0 Å². The Morgan fingerprint density at radius 1 is 1.24 bits per heavy atom. The number of hydrogen-bond acceptors (Lipinski definition) is 5. The summed E-state index contributed by atoms with van der Waals surface area (Å²) in [4.78, 5) is 13.5. The number of carbonyl (C=O) groups is 1. The van der Waals surface area contributed by atoms with Crippen LogP contribution >= 0.6 is 34.8 Å². The first-order valence-corrected chi connectivity index (χ1v) is 13.1. The fourth-order valence-electron chi connectivity index (χ4n) is 5.12. The SMILES string of the molecule is CC(C)(C)CC1NC(C(=O)NCC[C@H](O)CO)C(c2cccc(Cl)c2F)C1(C#N)c1ccc(Cl)cc1Cl. The van der Waals surface area contributed by atoms with Crippen molar-refractivity contribution in [3.8, 4) is 6.07 Å². The first-order valence-electron chi connectivity index (χ1n) is 12.0. The lowest BCUT2D eigenvalue weighted by molar-refractivity contribution is -0.123. The quantitative estimate of drug-likeness (QED) is 0.359. The molecule has 0 aliphatic carbocycles. The smallest absolute Gasteiger partial charge is 0.237 e. The average molecular weight is 571 g/mol. The Kier molecular flexibility index (Phi) is 9.50. The number of halogens is 4. The van der Waals surface area contributed by atoms with Crippen molar-refractivity contribution in [2.45, 2.75) is 63.1 Å². The van der Waals surface area contributed by atoms with E-state index in [1.54, 1.807) is 18.2 Å². The number of aliphatic hydroxyl groups excluding tert-OH is 2. The highest BCUT2D eigenvalue weighted by Gasteiger charge is 2.60. The van der Waals surface area contributed by atoms with Crippen LogP contribution in [0.15, 0.2) is 36.4 Å². The molecule has 2 aromatic rings. The second kappa shape index (κ2) is 11.9. The Morgan fingerprint density at radius 2 is 1.95 bits per heavy atom. The van der Waals surface area contributed by atoms with E-state index in [1.807, 2.05) is 20.8 Å². The number of carbonyl (C=O) groups excluding carboxylic acids is 1. The molecule has 6 nitrogen and oxygen atoms in total. The predicted molar refractivity (Wildman–Crippen MR) is 143 cm³/mol. The number of rotatable bonds is 8. The van der Waals surface area contributed by atoms with Crippen LogP contribution in [0.5, 0.6) is 0 Å². The first-order chi connectivity index (χ1) is 17.4. The van der Waals surface area contributed by atoms with Crippen molar-refractivity contribution in [3.63, 3.8) is 0 Å². The summed E-state index contributed by atoms with van der Waals surface area (Å²) >= 11 is 19.0. The molecule has 1 saturated heterocycles. The van der Waals surface area contributed by atoms with Gasteiger partial charge in [-0.15, -0.1) is 0 Å². The molecule has 1 amide bonds. The number of aliphatic hydroxyl groups is 2. The molecule has 37 heavy (non-hydrogen) atoms. The highest BCUT2D eigenvalue weighted by molar-refractivity contribution is 6.35. The van der Waals surface area contributed by atoms with Gasteiger partial charge in [0.05, 0.1) is 29.8 Å². The molecule has 1 aliphatic heterocycles. The van der Waals surface area contributed by atoms with Gasteiger partial charge in [0.25, 0.3) is 0 Å². The van der Waals surface area contributed by atoms with Gasteiger partial charge in [0.15, 0.2) is 0 Å². The molecular weight excluding hydrogens is 540 g/mol. The molecule has 4 N–H and O–H groups in total. The average Bonchev–Trinajstić information content (AvgIpc) is 3.13. The van der Waals surface area contributed by atoms with E-state index in [4.69, 9.17) is 39.9 Å². The molecule has 1 heterocycles. The van der Waals surface area contributed by atoms with E-state index in [0.717, 1.165) is 0 Å². The fraction of sp³-hybridized carbons (Fsp3) is 0.481. The molecule has 0 bridgehead atoms. The molecule has 5 atom stereocenters. The van der Waals surface area contributed by atoms with Crippen molar-refractivity contribution < 1.29 is 19.4 Å². The van der Waals surface area contributed by atoms with Crippen LogP contribution in [-0.2, 0) is 10.2 Å². The van der Waals surface area contributed by atoms with Crippen LogP contribution in [0.2, 0.25) is 15.1 Å². The van der Waals surface area contributed by atoms with Gasteiger partial charge in [-0.1, -0.05) is 73.8 Å². The number of benzene rings is 2. The molecule has 3 rings (SSSR count). The van der Waals surface area contributed by atoms with Gasteiger partial charge in [0, 0.05) is 28.5 Å². The van der Waals surface area contributed by atoms with Crippen LogP contribution in [-0.4, -0.2) is 47.5 Å². The Labute approximate surface area is 231 Å². The number of nitrogens with zero attached hydrogens (tertiary/aromatic N) is 1. The summed E-state index contributed by atoms with van der Waals surface area (Å²) in [6, 6.07) is 10.1. The lowest BCUT2D eigenvalue weighted by atomic mass is 9.63. The third-order valence-electron chi connectivity index (χ3n) is 6.72. The molecule has 10 heteroatoms. The van der Waals surface area contributed by atoms with Crippen LogP contribution in [0, 0.1) is 22.6 Å². The van der Waals surface area contributed by atoms with Crippen LogP contribution in [0.1, 0.15) is 50.7 Å². The van der Waals surface area contributed by atoms with Gasteiger partial charge in [0.1, 0.15) is 11.2 Å². The van der Waals surface area contributed by atoms with Gasteiger partial charge in [-0.2, -0.15) is 5.26 Å². The van der Waals surface area contributed by atoms with Crippen molar-refractivity contribution in [2.24, 2.45) is 5.41 Å². The standard InChI is InChI=1S/C27H31Cl3FN3O3/c1-26(2,3)12-21-27(14-32,18-8-7-15(28)11-20(18)30)22(17-5-4-6-19(29)23(17)31)24(34-21)25(37)33-10-9-16(36)13-35/h4-8,11,16,21-22,24,34-36H,9-10,12-13H2,1-3H3,(H,33,37)/t16-,21?,22?,24?,27?/m0/s1. The highest BCUT2D eigenvalue weighted by Crippen LogP contribution is 2.53. The Bertz CT molecular complexity index is 1180. The van der Waals surface area contributed by atoms with E-state index in [9.17, 15) is 15.2 Å².